The van der Waals surface area contributed by atoms with Crippen molar-refractivity contribution >= 4 is 22.9 Å². The van der Waals surface area contributed by atoms with E-state index in [1.54, 1.807) is 0 Å². The average Bonchev–Trinajstić information content (AvgIpc) is 3.03. The number of fused-ring (bicyclic) bond motifs is 1. The van der Waals surface area contributed by atoms with Crippen LogP contribution in [0.5, 0.6) is 0 Å². The molecule has 0 aliphatic rings. The zero-order valence-corrected chi connectivity index (χ0v) is 15.1. The minimum atomic E-state index is -4.75. The monoisotopic (exact) mass is 418 g/mol. The van der Waals surface area contributed by atoms with Crippen LogP contribution in [0.2, 0.25) is 0 Å². The summed E-state index contributed by atoms with van der Waals surface area (Å²) >= 11 is 0.921. The standard InChI is InChI=1S/C17H12F6N4S/c1-3-4-8-7-9(16(18,19)20)5-6-10(8)13-24-11-12(17(21,22)23)25-15(28-2)27-14(11)26-13/h3,5-7H,1,4H2,2H3,(H,24,25,26,27). The maximum atomic E-state index is 13.3. The van der Waals surface area contributed by atoms with Gasteiger partial charge in [-0.3, -0.25) is 0 Å². The first-order chi connectivity index (χ1) is 13.0. The van der Waals surface area contributed by atoms with Crippen LogP contribution in [0.25, 0.3) is 22.6 Å². The molecule has 1 N–H and O–H groups in total. The van der Waals surface area contributed by atoms with Gasteiger partial charge < -0.3 is 4.98 Å². The lowest BCUT2D eigenvalue weighted by Gasteiger charge is -2.11. The fourth-order valence-electron chi connectivity index (χ4n) is 2.63. The number of alkyl halides is 6. The number of imidazole rings is 1. The molecule has 0 radical (unpaired) electrons. The number of nitrogens with one attached hydrogen (secondary N) is 1. The molecule has 0 aliphatic carbocycles. The van der Waals surface area contributed by atoms with E-state index in [0.717, 1.165) is 30.0 Å². The molecule has 0 saturated heterocycles. The van der Waals surface area contributed by atoms with Crippen molar-refractivity contribution in [3.8, 4) is 11.4 Å². The van der Waals surface area contributed by atoms with Crippen molar-refractivity contribution in [2.45, 2.75) is 23.9 Å². The Morgan fingerprint density at radius 2 is 1.79 bits per heavy atom. The van der Waals surface area contributed by atoms with Crippen molar-refractivity contribution in [1.29, 1.82) is 0 Å². The van der Waals surface area contributed by atoms with Crippen LogP contribution in [0.1, 0.15) is 16.8 Å². The Balaban J connectivity index is 2.23. The maximum Gasteiger partial charge on any atom is 0.435 e. The zero-order chi connectivity index (χ0) is 20.7. The van der Waals surface area contributed by atoms with Crippen molar-refractivity contribution in [2.24, 2.45) is 0 Å². The number of allylic oxidation sites excluding steroid dienone is 1. The van der Waals surface area contributed by atoms with Gasteiger partial charge in [0.15, 0.2) is 16.5 Å². The van der Waals surface area contributed by atoms with Gasteiger partial charge in [0.2, 0.25) is 0 Å². The molecule has 4 nitrogen and oxygen atoms in total. The molecule has 0 bridgehead atoms. The lowest BCUT2D eigenvalue weighted by Crippen LogP contribution is -2.10. The van der Waals surface area contributed by atoms with Crippen molar-refractivity contribution in [1.82, 2.24) is 19.9 Å². The Morgan fingerprint density at radius 3 is 2.36 bits per heavy atom. The molecule has 11 heteroatoms. The molecule has 0 fully saturated rings. The Kier molecular flexibility index (Phi) is 5.13. The predicted molar refractivity (Wildman–Crippen MR) is 92.8 cm³/mol. The second kappa shape index (κ2) is 7.12. The highest BCUT2D eigenvalue weighted by molar-refractivity contribution is 7.98. The molecule has 3 aromatic rings. The quantitative estimate of drug-likeness (QED) is 0.263. The summed E-state index contributed by atoms with van der Waals surface area (Å²) in [4.78, 5) is 14.0. The Labute approximate surface area is 159 Å². The van der Waals surface area contributed by atoms with Crippen LogP contribution < -0.4 is 0 Å². The van der Waals surface area contributed by atoms with E-state index in [2.05, 4.69) is 26.5 Å². The summed E-state index contributed by atoms with van der Waals surface area (Å²) < 4.78 is 79.0. The summed E-state index contributed by atoms with van der Waals surface area (Å²) in [5.41, 5.74) is -2.25. The fraction of sp³-hybridized carbons (Fsp3) is 0.235. The molecule has 0 saturated carbocycles. The van der Waals surface area contributed by atoms with Gasteiger partial charge in [0.25, 0.3) is 0 Å². The molecule has 0 spiro atoms. The van der Waals surface area contributed by atoms with Gasteiger partial charge in [-0.2, -0.15) is 26.3 Å². The molecule has 3 rings (SSSR count). The summed E-state index contributed by atoms with van der Waals surface area (Å²) in [5, 5.41) is -0.114. The van der Waals surface area contributed by atoms with E-state index in [9.17, 15) is 26.3 Å². The zero-order valence-electron chi connectivity index (χ0n) is 14.2. The topological polar surface area (TPSA) is 54.5 Å². The second-order valence-electron chi connectivity index (χ2n) is 5.70. The number of hydrogen-bond acceptors (Lipinski definition) is 4. The van der Waals surface area contributed by atoms with E-state index in [1.807, 2.05) is 0 Å². The van der Waals surface area contributed by atoms with Crippen LogP contribution in [-0.4, -0.2) is 26.2 Å². The number of H-pyrrole nitrogens is 1. The number of hydrogen-bond donors (Lipinski definition) is 1. The minimum absolute atomic E-state index is 0.0290. The van der Waals surface area contributed by atoms with E-state index in [4.69, 9.17) is 0 Å². The molecule has 2 aromatic heterocycles. The van der Waals surface area contributed by atoms with Crippen LogP contribution in [-0.2, 0) is 18.8 Å². The van der Waals surface area contributed by atoms with Gasteiger partial charge in [-0.25, -0.2) is 15.0 Å². The first kappa shape index (κ1) is 20.2. The minimum Gasteiger partial charge on any atom is -0.335 e. The van der Waals surface area contributed by atoms with E-state index < -0.39 is 29.1 Å². The largest absolute Gasteiger partial charge is 0.435 e. The lowest BCUT2D eigenvalue weighted by molar-refractivity contribution is -0.140. The van der Waals surface area contributed by atoms with Gasteiger partial charge in [0, 0.05) is 5.56 Å². The lowest BCUT2D eigenvalue weighted by atomic mass is 10.0. The van der Waals surface area contributed by atoms with E-state index in [1.165, 1.54) is 12.3 Å². The average molecular weight is 418 g/mol. The Bertz CT molecular complexity index is 1040. The van der Waals surface area contributed by atoms with Crippen molar-refractivity contribution in [3.05, 3.63) is 47.7 Å². The maximum absolute atomic E-state index is 13.3. The number of halogens is 6. The van der Waals surface area contributed by atoms with Gasteiger partial charge in [-0.1, -0.05) is 23.9 Å². The smallest absolute Gasteiger partial charge is 0.335 e. The predicted octanol–water partition coefficient (Wildman–Crippen LogP) is 5.51. The Morgan fingerprint density at radius 1 is 1.07 bits per heavy atom. The van der Waals surface area contributed by atoms with Crippen LogP contribution in [0.4, 0.5) is 26.3 Å². The van der Waals surface area contributed by atoms with E-state index in [0.29, 0.717) is 0 Å². The van der Waals surface area contributed by atoms with Crippen LogP contribution in [0, 0.1) is 0 Å². The van der Waals surface area contributed by atoms with Crippen LogP contribution in [0.15, 0.2) is 36.0 Å². The SMILES string of the molecule is C=CCc1cc(C(F)(F)F)ccc1-c1nc2nc(SC)nc(C(F)(F)F)c2[nH]1. The molecular formula is C17H12F6N4S. The highest BCUT2D eigenvalue weighted by Gasteiger charge is 2.37. The molecule has 1 aromatic carbocycles. The number of aromatic amines is 1. The number of thioether (sulfide) groups is 1. The van der Waals surface area contributed by atoms with Crippen molar-refractivity contribution in [3.63, 3.8) is 0 Å². The summed E-state index contributed by atoms with van der Waals surface area (Å²) in [6, 6.07) is 2.93. The molecule has 28 heavy (non-hydrogen) atoms. The first-order valence-corrected chi connectivity index (χ1v) is 8.97. The van der Waals surface area contributed by atoms with Crippen molar-refractivity contribution in [2.75, 3.05) is 6.26 Å². The van der Waals surface area contributed by atoms with E-state index in [-0.39, 0.29) is 34.2 Å². The van der Waals surface area contributed by atoms with Gasteiger partial charge in [-0.05, 0) is 30.4 Å². The highest BCUT2D eigenvalue weighted by atomic mass is 32.2. The summed E-state index contributed by atoms with van der Waals surface area (Å²) in [7, 11) is 0. The summed E-state index contributed by atoms with van der Waals surface area (Å²) in [5.74, 6) is -0.0290. The third kappa shape index (κ3) is 3.84. The Hall–Kier alpha value is -2.56. The van der Waals surface area contributed by atoms with Gasteiger partial charge in [0.1, 0.15) is 11.3 Å². The number of rotatable bonds is 4. The third-order valence-corrected chi connectivity index (χ3v) is 4.38. The molecule has 2 heterocycles. The number of aromatic nitrogens is 4. The molecule has 148 valence electrons. The van der Waals surface area contributed by atoms with Crippen LogP contribution >= 0.6 is 11.8 Å². The first-order valence-electron chi connectivity index (χ1n) is 7.75. The molecule has 0 aliphatic heterocycles. The molecule has 0 amide bonds. The summed E-state index contributed by atoms with van der Waals surface area (Å²) in [6.45, 7) is 3.51. The second-order valence-corrected chi connectivity index (χ2v) is 6.48. The number of benzene rings is 1. The van der Waals surface area contributed by atoms with Gasteiger partial charge in [0.05, 0.1) is 5.56 Å². The van der Waals surface area contributed by atoms with E-state index >= 15 is 0 Å². The fourth-order valence-corrected chi connectivity index (χ4v) is 2.99. The molecule has 0 atom stereocenters. The highest BCUT2D eigenvalue weighted by Crippen LogP contribution is 2.36. The normalized spacial score (nSPS) is 12.5. The van der Waals surface area contributed by atoms with Gasteiger partial charge >= 0.3 is 12.4 Å². The third-order valence-electron chi connectivity index (χ3n) is 3.83. The number of nitrogens with zero attached hydrogens (tertiary/aromatic N) is 3. The molecular weight excluding hydrogens is 406 g/mol. The van der Waals surface area contributed by atoms with Gasteiger partial charge in [-0.15, -0.1) is 6.58 Å². The molecule has 0 unspecified atom stereocenters. The van der Waals surface area contributed by atoms with Crippen molar-refractivity contribution < 1.29 is 26.3 Å². The summed E-state index contributed by atoms with van der Waals surface area (Å²) in [6.07, 6.45) is -6.31. The van der Waals surface area contributed by atoms with Crippen LogP contribution in [0.3, 0.4) is 0 Å².